The van der Waals surface area contributed by atoms with Crippen LogP contribution in [0.4, 0.5) is 0 Å². The van der Waals surface area contributed by atoms with Crippen LogP contribution in [0.3, 0.4) is 0 Å². The zero-order chi connectivity index (χ0) is 8.36. The second-order valence-corrected chi connectivity index (χ2v) is 2.07. The lowest BCUT2D eigenvalue weighted by Crippen LogP contribution is -2.54. The number of rotatable bonds is 3. The molecule has 0 aromatic heterocycles. The Bertz CT molecular complexity index is 134. The molecule has 0 aliphatic carbocycles. The topological polar surface area (TPSA) is 104 Å². The van der Waals surface area contributed by atoms with Gasteiger partial charge < -0.3 is 21.1 Å². The highest BCUT2D eigenvalue weighted by Crippen LogP contribution is 2.04. The summed E-state index contributed by atoms with van der Waals surface area (Å²) < 4.78 is 0. The van der Waals surface area contributed by atoms with Gasteiger partial charge in [0.15, 0.2) is 5.78 Å². The summed E-state index contributed by atoms with van der Waals surface area (Å²) in [5.74, 6) is -3.48. The monoisotopic (exact) mass is 149 g/mol. The number of carbonyl (C=O) groups excluding carboxylic acids is 1. The van der Waals surface area contributed by atoms with Crippen molar-refractivity contribution >= 4 is 5.78 Å². The molecule has 0 aliphatic rings. The van der Waals surface area contributed by atoms with Gasteiger partial charge >= 0.3 is 0 Å². The van der Waals surface area contributed by atoms with E-state index in [1.165, 1.54) is 0 Å². The van der Waals surface area contributed by atoms with Crippen LogP contribution in [0.2, 0.25) is 0 Å². The van der Waals surface area contributed by atoms with Crippen LogP contribution in [-0.2, 0) is 4.79 Å². The van der Waals surface area contributed by atoms with Crippen molar-refractivity contribution < 1.29 is 20.1 Å². The fraction of sp³-hybridized carbons (Fsp3) is 0.800. The van der Waals surface area contributed by atoms with Crippen LogP contribution >= 0.6 is 0 Å². The third kappa shape index (κ3) is 1.74. The number of aliphatic hydroxyl groups excluding tert-OH is 1. The molecule has 10 heavy (non-hydrogen) atoms. The molecule has 0 radical (unpaired) electrons. The van der Waals surface area contributed by atoms with Crippen molar-refractivity contribution in [2.45, 2.75) is 18.8 Å². The SMILES string of the molecule is CC(=O)C(O)(O)[C@@H](N)CO. The van der Waals surface area contributed by atoms with E-state index in [2.05, 4.69) is 0 Å². The minimum Gasteiger partial charge on any atom is -0.395 e. The van der Waals surface area contributed by atoms with Crippen LogP contribution in [0.25, 0.3) is 0 Å². The normalized spacial score (nSPS) is 14.9. The average molecular weight is 149 g/mol. The van der Waals surface area contributed by atoms with Gasteiger partial charge in [0.1, 0.15) is 0 Å². The van der Waals surface area contributed by atoms with Crippen LogP contribution in [0, 0.1) is 0 Å². The lowest BCUT2D eigenvalue weighted by molar-refractivity contribution is -0.191. The van der Waals surface area contributed by atoms with E-state index >= 15 is 0 Å². The number of nitrogens with two attached hydrogens (primary N) is 1. The zero-order valence-electron chi connectivity index (χ0n) is 5.61. The summed E-state index contributed by atoms with van der Waals surface area (Å²) in [5, 5.41) is 25.9. The summed E-state index contributed by atoms with van der Waals surface area (Å²) in [6, 6.07) is -1.34. The lowest BCUT2D eigenvalue weighted by atomic mass is 10.1. The predicted molar refractivity (Wildman–Crippen MR) is 32.9 cm³/mol. The van der Waals surface area contributed by atoms with E-state index in [-0.39, 0.29) is 0 Å². The van der Waals surface area contributed by atoms with Gasteiger partial charge in [-0.2, -0.15) is 0 Å². The molecule has 1 atom stereocenters. The van der Waals surface area contributed by atoms with Crippen LogP contribution in [-0.4, -0.2) is 39.5 Å². The molecule has 0 aliphatic heterocycles. The Morgan fingerprint density at radius 3 is 2.20 bits per heavy atom. The van der Waals surface area contributed by atoms with Crippen molar-refractivity contribution in [3.05, 3.63) is 0 Å². The predicted octanol–water partition coefficient (Wildman–Crippen LogP) is -2.42. The maximum absolute atomic E-state index is 10.4. The largest absolute Gasteiger partial charge is 0.395 e. The molecule has 0 saturated carbocycles. The van der Waals surface area contributed by atoms with Gasteiger partial charge in [0.2, 0.25) is 5.79 Å². The third-order valence-corrected chi connectivity index (χ3v) is 1.23. The van der Waals surface area contributed by atoms with Crippen LogP contribution in [0.15, 0.2) is 0 Å². The first-order valence-corrected chi connectivity index (χ1v) is 2.75. The van der Waals surface area contributed by atoms with E-state index in [0.717, 1.165) is 6.92 Å². The van der Waals surface area contributed by atoms with Gasteiger partial charge in [-0.1, -0.05) is 0 Å². The molecule has 5 heteroatoms. The molecular weight excluding hydrogens is 138 g/mol. The van der Waals surface area contributed by atoms with Gasteiger partial charge in [-0.25, -0.2) is 0 Å². The van der Waals surface area contributed by atoms with Gasteiger partial charge in [0.25, 0.3) is 0 Å². The zero-order valence-corrected chi connectivity index (χ0v) is 5.61. The summed E-state index contributed by atoms with van der Waals surface area (Å²) in [6.45, 7) is 0.335. The average Bonchev–Trinajstić information content (AvgIpc) is 1.86. The fourth-order valence-corrected chi connectivity index (χ4v) is 0.388. The second-order valence-electron chi connectivity index (χ2n) is 2.07. The molecular formula is C5H11NO4. The smallest absolute Gasteiger partial charge is 0.241 e. The van der Waals surface area contributed by atoms with Gasteiger partial charge in [-0.3, -0.25) is 4.79 Å². The van der Waals surface area contributed by atoms with Gasteiger partial charge in [0.05, 0.1) is 12.6 Å². The van der Waals surface area contributed by atoms with Crippen molar-refractivity contribution in [3.63, 3.8) is 0 Å². The summed E-state index contributed by atoms with van der Waals surface area (Å²) in [5.41, 5.74) is 4.98. The first-order chi connectivity index (χ1) is 4.42. The number of ketones is 1. The Morgan fingerprint density at radius 1 is 1.70 bits per heavy atom. The molecule has 0 spiro atoms. The molecule has 0 aromatic rings. The van der Waals surface area contributed by atoms with Crippen molar-refractivity contribution in [1.82, 2.24) is 0 Å². The van der Waals surface area contributed by atoms with Gasteiger partial charge in [0, 0.05) is 6.92 Å². The first-order valence-electron chi connectivity index (χ1n) is 2.75. The number of hydrogen-bond acceptors (Lipinski definition) is 5. The molecule has 0 aromatic carbocycles. The summed E-state index contributed by atoms with van der Waals surface area (Å²) in [7, 11) is 0. The highest BCUT2D eigenvalue weighted by molar-refractivity contribution is 5.83. The molecule has 0 fully saturated rings. The van der Waals surface area contributed by atoms with Gasteiger partial charge in [-0.15, -0.1) is 0 Å². The van der Waals surface area contributed by atoms with Crippen LogP contribution in [0.1, 0.15) is 6.92 Å². The molecule has 0 unspecified atom stereocenters. The van der Waals surface area contributed by atoms with E-state index in [0.29, 0.717) is 0 Å². The molecule has 5 nitrogen and oxygen atoms in total. The molecule has 60 valence electrons. The minimum atomic E-state index is -2.60. The molecule has 0 saturated heterocycles. The maximum atomic E-state index is 10.4. The third-order valence-electron chi connectivity index (χ3n) is 1.23. The first kappa shape index (κ1) is 9.51. The molecule has 0 rings (SSSR count). The standard InChI is InChI=1S/C5H11NO4/c1-3(8)5(9,10)4(6)2-7/h4,7,9-10H,2,6H2,1H3/t4-/m0/s1. The Balaban J connectivity index is 4.23. The number of aliphatic hydroxyl groups is 3. The molecule has 0 heterocycles. The second kappa shape index (κ2) is 3.07. The van der Waals surface area contributed by atoms with E-state index in [9.17, 15) is 4.79 Å². The van der Waals surface area contributed by atoms with Gasteiger partial charge in [-0.05, 0) is 0 Å². The summed E-state index contributed by atoms with van der Waals surface area (Å²) in [4.78, 5) is 10.4. The van der Waals surface area contributed by atoms with E-state index in [1.807, 2.05) is 0 Å². The minimum absolute atomic E-state index is 0.646. The summed E-state index contributed by atoms with van der Waals surface area (Å²) in [6.07, 6.45) is 0. The Labute approximate surface area is 58.1 Å². The maximum Gasteiger partial charge on any atom is 0.241 e. The molecule has 0 amide bonds. The fourth-order valence-electron chi connectivity index (χ4n) is 0.388. The number of Topliss-reactive ketones (excluding diaryl/α,β-unsaturated/α-hetero) is 1. The molecule has 0 bridgehead atoms. The highest BCUT2D eigenvalue weighted by atomic mass is 16.5. The Kier molecular flexibility index (Phi) is 2.92. The quantitative estimate of drug-likeness (QED) is 0.334. The van der Waals surface area contributed by atoms with Crippen molar-refractivity contribution in [2.75, 3.05) is 6.61 Å². The molecule has 5 N–H and O–H groups in total. The van der Waals surface area contributed by atoms with Crippen molar-refractivity contribution in [1.29, 1.82) is 0 Å². The Morgan fingerprint density at radius 2 is 2.10 bits per heavy atom. The summed E-state index contributed by atoms with van der Waals surface area (Å²) >= 11 is 0. The van der Waals surface area contributed by atoms with E-state index < -0.39 is 24.2 Å². The highest BCUT2D eigenvalue weighted by Gasteiger charge is 2.36. The van der Waals surface area contributed by atoms with Crippen LogP contribution < -0.4 is 5.73 Å². The number of carbonyl (C=O) groups is 1. The lowest BCUT2D eigenvalue weighted by Gasteiger charge is -2.23. The van der Waals surface area contributed by atoms with Crippen molar-refractivity contribution in [2.24, 2.45) is 5.73 Å². The Hall–Kier alpha value is -0.490. The van der Waals surface area contributed by atoms with Crippen molar-refractivity contribution in [3.8, 4) is 0 Å². The van der Waals surface area contributed by atoms with E-state index in [4.69, 9.17) is 21.1 Å². The van der Waals surface area contributed by atoms with Crippen LogP contribution in [0.5, 0.6) is 0 Å². The number of hydrogen-bond donors (Lipinski definition) is 4. The van der Waals surface area contributed by atoms with E-state index in [1.54, 1.807) is 0 Å².